The van der Waals surface area contributed by atoms with Crippen LogP contribution in [-0.4, -0.2) is 19.1 Å². The van der Waals surface area contributed by atoms with Crippen molar-refractivity contribution in [3.63, 3.8) is 0 Å². The van der Waals surface area contributed by atoms with Gasteiger partial charge in [0.15, 0.2) is 0 Å². The van der Waals surface area contributed by atoms with Crippen molar-refractivity contribution < 1.29 is 9.13 Å². The number of ether oxygens (including phenoxy) is 1. The summed E-state index contributed by atoms with van der Waals surface area (Å²) in [5.41, 5.74) is 1.36. The van der Waals surface area contributed by atoms with E-state index in [4.69, 9.17) is 16.3 Å². The van der Waals surface area contributed by atoms with Gasteiger partial charge in [-0.1, -0.05) is 23.7 Å². The molecule has 1 aromatic carbocycles. The maximum atomic E-state index is 13.9. The first-order valence-corrected chi connectivity index (χ1v) is 6.64. The fourth-order valence-corrected chi connectivity index (χ4v) is 2.38. The van der Waals surface area contributed by atoms with Gasteiger partial charge in [0, 0.05) is 28.4 Å². The van der Waals surface area contributed by atoms with Crippen LogP contribution in [0.15, 0.2) is 36.5 Å². The first kappa shape index (κ1) is 14.8. The molecule has 106 valence electrons. The number of hydrogen-bond donors (Lipinski definition) is 1. The van der Waals surface area contributed by atoms with Crippen LogP contribution in [0.4, 0.5) is 4.39 Å². The van der Waals surface area contributed by atoms with Gasteiger partial charge in [0.2, 0.25) is 5.88 Å². The largest absolute Gasteiger partial charge is 0.481 e. The summed E-state index contributed by atoms with van der Waals surface area (Å²) in [6.07, 6.45) is 2.08. The predicted molar refractivity (Wildman–Crippen MR) is 77.7 cm³/mol. The Labute approximate surface area is 122 Å². The molecule has 1 aromatic heterocycles. The highest BCUT2D eigenvalue weighted by atomic mass is 35.5. The number of rotatable bonds is 5. The number of methoxy groups -OCH3 is 1. The van der Waals surface area contributed by atoms with Crippen molar-refractivity contribution >= 4 is 11.6 Å². The number of pyridine rings is 1. The maximum Gasteiger partial charge on any atom is 0.217 e. The zero-order valence-corrected chi connectivity index (χ0v) is 12.1. The Morgan fingerprint density at radius 1 is 1.35 bits per heavy atom. The van der Waals surface area contributed by atoms with E-state index in [0.717, 1.165) is 5.56 Å². The quantitative estimate of drug-likeness (QED) is 0.918. The van der Waals surface area contributed by atoms with Crippen molar-refractivity contribution in [1.82, 2.24) is 10.3 Å². The molecular formula is C15H16ClFN2O. The molecule has 0 radical (unpaired) electrons. The van der Waals surface area contributed by atoms with Crippen LogP contribution in [0.2, 0.25) is 5.02 Å². The summed E-state index contributed by atoms with van der Waals surface area (Å²) in [6.45, 7) is 0. The highest BCUT2D eigenvalue weighted by Gasteiger charge is 2.19. The third-order valence-electron chi connectivity index (χ3n) is 3.19. The van der Waals surface area contributed by atoms with Crippen molar-refractivity contribution in [3.8, 4) is 5.88 Å². The van der Waals surface area contributed by atoms with Crippen LogP contribution in [-0.2, 0) is 6.42 Å². The molecule has 0 saturated carbocycles. The van der Waals surface area contributed by atoms with Gasteiger partial charge in [-0.05, 0) is 31.7 Å². The number of benzene rings is 1. The fourth-order valence-electron chi connectivity index (χ4n) is 2.14. The lowest BCUT2D eigenvalue weighted by Crippen LogP contribution is -2.20. The first-order valence-electron chi connectivity index (χ1n) is 6.26. The number of likely N-dealkylation sites (N-methyl/N-ethyl adjacent to an activating group) is 1. The summed E-state index contributed by atoms with van der Waals surface area (Å²) in [6, 6.07) is 8.29. The van der Waals surface area contributed by atoms with Gasteiger partial charge in [-0.25, -0.2) is 9.37 Å². The van der Waals surface area contributed by atoms with Gasteiger partial charge in [-0.3, -0.25) is 0 Å². The van der Waals surface area contributed by atoms with Gasteiger partial charge in [-0.2, -0.15) is 0 Å². The minimum atomic E-state index is -0.305. The molecule has 1 atom stereocenters. The van der Waals surface area contributed by atoms with E-state index in [2.05, 4.69) is 10.3 Å². The standard InChI is InChI=1S/C15H16ClFN2O/c1-18-14(10-5-4-8-19-15(10)20-2)9-11-12(16)6-3-7-13(11)17/h3-8,14,18H,9H2,1-2H3. The van der Waals surface area contributed by atoms with Crippen molar-refractivity contribution in [2.45, 2.75) is 12.5 Å². The molecule has 3 nitrogen and oxygen atoms in total. The summed E-state index contributed by atoms with van der Waals surface area (Å²) >= 11 is 6.08. The number of aromatic nitrogens is 1. The van der Waals surface area contributed by atoms with Crippen molar-refractivity contribution in [2.24, 2.45) is 0 Å². The van der Waals surface area contributed by atoms with Crippen LogP contribution in [0, 0.1) is 5.82 Å². The second-order valence-corrected chi connectivity index (χ2v) is 4.75. The Hall–Kier alpha value is -1.65. The highest BCUT2D eigenvalue weighted by molar-refractivity contribution is 6.31. The Balaban J connectivity index is 2.34. The predicted octanol–water partition coefficient (Wildman–Crippen LogP) is 3.39. The molecule has 1 unspecified atom stereocenters. The molecule has 0 spiro atoms. The lowest BCUT2D eigenvalue weighted by Gasteiger charge is -2.19. The molecule has 0 aliphatic rings. The molecule has 20 heavy (non-hydrogen) atoms. The van der Waals surface area contributed by atoms with Crippen molar-refractivity contribution in [3.05, 3.63) is 58.5 Å². The SMILES string of the molecule is CNC(Cc1c(F)cccc1Cl)c1cccnc1OC. The van der Waals surface area contributed by atoms with E-state index in [0.29, 0.717) is 22.9 Å². The molecule has 0 fully saturated rings. The van der Waals surface area contributed by atoms with Crippen LogP contribution < -0.4 is 10.1 Å². The summed E-state index contributed by atoms with van der Waals surface area (Å²) in [7, 11) is 3.38. The third kappa shape index (κ3) is 3.08. The number of nitrogens with zero attached hydrogens (tertiary/aromatic N) is 1. The summed E-state index contributed by atoms with van der Waals surface area (Å²) < 4.78 is 19.1. The smallest absolute Gasteiger partial charge is 0.217 e. The minimum absolute atomic E-state index is 0.131. The van der Waals surface area contributed by atoms with Gasteiger partial charge in [0.05, 0.1) is 7.11 Å². The van der Waals surface area contributed by atoms with Gasteiger partial charge in [0.1, 0.15) is 5.82 Å². The van der Waals surface area contributed by atoms with Crippen LogP contribution in [0.3, 0.4) is 0 Å². The van der Waals surface area contributed by atoms with Gasteiger partial charge in [-0.15, -0.1) is 0 Å². The average molecular weight is 295 g/mol. The summed E-state index contributed by atoms with van der Waals surface area (Å²) in [5.74, 6) is 0.222. The van der Waals surface area contributed by atoms with E-state index in [1.165, 1.54) is 6.07 Å². The molecule has 0 aliphatic heterocycles. The zero-order valence-electron chi connectivity index (χ0n) is 11.4. The molecule has 1 N–H and O–H groups in total. The molecule has 0 saturated heterocycles. The van der Waals surface area contributed by atoms with Gasteiger partial charge >= 0.3 is 0 Å². The average Bonchev–Trinajstić information content (AvgIpc) is 2.47. The molecule has 2 aromatic rings. The Bertz CT molecular complexity index is 572. The third-order valence-corrected chi connectivity index (χ3v) is 3.54. The van der Waals surface area contributed by atoms with E-state index < -0.39 is 0 Å². The Morgan fingerprint density at radius 2 is 2.15 bits per heavy atom. The molecule has 1 heterocycles. The number of hydrogen-bond acceptors (Lipinski definition) is 3. The topological polar surface area (TPSA) is 34.2 Å². The normalized spacial score (nSPS) is 12.2. The van der Waals surface area contributed by atoms with Crippen LogP contribution >= 0.6 is 11.6 Å². The van der Waals surface area contributed by atoms with Gasteiger partial charge in [0.25, 0.3) is 0 Å². The van der Waals surface area contributed by atoms with Crippen molar-refractivity contribution in [2.75, 3.05) is 14.2 Å². The maximum absolute atomic E-state index is 13.9. The summed E-state index contributed by atoms with van der Waals surface area (Å²) in [5, 5.41) is 3.57. The van der Waals surface area contributed by atoms with Crippen LogP contribution in [0.25, 0.3) is 0 Å². The molecule has 0 bridgehead atoms. The molecule has 2 rings (SSSR count). The van der Waals surface area contributed by atoms with Crippen molar-refractivity contribution in [1.29, 1.82) is 0 Å². The fraction of sp³-hybridized carbons (Fsp3) is 0.267. The monoisotopic (exact) mass is 294 g/mol. The van der Waals surface area contributed by atoms with E-state index >= 15 is 0 Å². The molecule has 0 aliphatic carbocycles. The second kappa shape index (κ2) is 6.68. The second-order valence-electron chi connectivity index (χ2n) is 4.35. The molecule has 5 heteroatoms. The van der Waals surface area contributed by atoms with E-state index in [1.807, 2.05) is 19.2 Å². The first-order chi connectivity index (χ1) is 9.67. The lowest BCUT2D eigenvalue weighted by atomic mass is 9.99. The lowest BCUT2D eigenvalue weighted by molar-refractivity contribution is 0.384. The summed E-state index contributed by atoms with van der Waals surface area (Å²) in [4.78, 5) is 4.16. The number of nitrogens with one attached hydrogen (secondary N) is 1. The van der Waals surface area contributed by atoms with E-state index in [1.54, 1.807) is 25.4 Å². The number of halogens is 2. The van der Waals surface area contributed by atoms with Gasteiger partial charge < -0.3 is 10.1 Å². The Morgan fingerprint density at radius 3 is 2.80 bits per heavy atom. The van der Waals surface area contributed by atoms with E-state index in [-0.39, 0.29) is 11.9 Å². The highest BCUT2D eigenvalue weighted by Crippen LogP contribution is 2.29. The molecular weight excluding hydrogens is 279 g/mol. The Kier molecular flexibility index (Phi) is 4.93. The van der Waals surface area contributed by atoms with E-state index in [9.17, 15) is 4.39 Å². The van der Waals surface area contributed by atoms with Crippen LogP contribution in [0.5, 0.6) is 5.88 Å². The molecule has 0 amide bonds. The van der Waals surface area contributed by atoms with Crippen LogP contribution in [0.1, 0.15) is 17.2 Å². The minimum Gasteiger partial charge on any atom is -0.481 e. The zero-order chi connectivity index (χ0) is 14.5.